The van der Waals surface area contributed by atoms with Gasteiger partial charge in [-0.3, -0.25) is 0 Å². The zero-order valence-corrected chi connectivity index (χ0v) is 16.0. The van der Waals surface area contributed by atoms with E-state index in [0.717, 1.165) is 27.2 Å². The van der Waals surface area contributed by atoms with Gasteiger partial charge in [0.2, 0.25) is 0 Å². The molecule has 1 aliphatic heterocycles. The molecule has 1 fully saturated rings. The molecule has 0 saturated carbocycles. The lowest BCUT2D eigenvalue weighted by Gasteiger charge is -2.27. The summed E-state index contributed by atoms with van der Waals surface area (Å²) in [6.07, 6.45) is 0. The number of ether oxygens (including phenoxy) is 2. The first-order valence-corrected chi connectivity index (χ1v) is 8.55. The minimum Gasteiger partial charge on any atom is -0.497 e. The first-order chi connectivity index (χ1) is 11.5. The first-order valence-electron chi connectivity index (χ1n) is 7.35. The predicted molar refractivity (Wildman–Crippen MR) is 102 cm³/mol. The molecule has 5 nitrogen and oxygen atoms in total. The summed E-state index contributed by atoms with van der Waals surface area (Å²) in [5.74, 6) is 1.46. The van der Waals surface area contributed by atoms with E-state index in [9.17, 15) is 0 Å². The predicted octanol–water partition coefficient (Wildman–Crippen LogP) is 3.54. The molecular formula is C17H18BrN3O2S. The van der Waals surface area contributed by atoms with E-state index >= 15 is 0 Å². The lowest BCUT2D eigenvalue weighted by atomic mass is 10.0. The van der Waals surface area contributed by atoms with Gasteiger partial charge in [-0.05, 0) is 55.5 Å². The highest BCUT2D eigenvalue weighted by Gasteiger charge is 2.40. The van der Waals surface area contributed by atoms with Crippen molar-refractivity contribution in [1.29, 1.82) is 0 Å². The number of nitrogens with one attached hydrogen (secondary N) is 2. The van der Waals surface area contributed by atoms with Gasteiger partial charge in [0, 0.05) is 16.1 Å². The molecule has 2 aromatic carbocycles. The van der Waals surface area contributed by atoms with Crippen LogP contribution in [0.5, 0.6) is 11.5 Å². The SMILES string of the molecule is COc1ccc(C2(C)NC(=S)N(c3ccc(Br)cc3)N2)c(OC)c1. The van der Waals surface area contributed by atoms with Crippen molar-refractivity contribution in [2.45, 2.75) is 12.6 Å². The molecule has 3 rings (SSSR count). The van der Waals surface area contributed by atoms with E-state index < -0.39 is 5.66 Å². The van der Waals surface area contributed by atoms with Crippen LogP contribution in [-0.2, 0) is 5.66 Å². The third-order valence-corrected chi connectivity index (χ3v) is 4.74. The van der Waals surface area contributed by atoms with Crippen LogP contribution in [-0.4, -0.2) is 19.3 Å². The van der Waals surface area contributed by atoms with Crippen molar-refractivity contribution < 1.29 is 9.47 Å². The lowest BCUT2D eigenvalue weighted by Crippen LogP contribution is -2.46. The minimum atomic E-state index is -0.595. The fourth-order valence-electron chi connectivity index (χ4n) is 2.68. The third-order valence-electron chi connectivity index (χ3n) is 3.93. The fourth-order valence-corrected chi connectivity index (χ4v) is 3.30. The standard InChI is InChI=1S/C17H18BrN3O2S/c1-17(14-9-8-13(22-2)10-15(14)23-3)19-16(24)21(20-17)12-6-4-11(18)5-7-12/h4-10,20H,1-3H3,(H,19,24). The highest BCUT2D eigenvalue weighted by molar-refractivity contribution is 9.10. The van der Waals surface area contributed by atoms with Crippen LogP contribution in [0.3, 0.4) is 0 Å². The molecule has 0 radical (unpaired) electrons. The molecule has 2 aromatic rings. The van der Waals surface area contributed by atoms with Crippen LogP contribution in [0.1, 0.15) is 12.5 Å². The molecule has 0 aromatic heterocycles. The summed E-state index contributed by atoms with van der Waals surface area (Å²) >= 11 is 8.95. The number of hydrogen-bond donors (Lipinski definition) is 2. The Morgan fingerprint density at radius 1 is 1.08 bits per heavy atom. The van der Waals surface area contributed by atoms with Crippen molar-refractivity contribution in [1.82, 2.24) is 10.7 Å². The number of halogens is 1. The van der Waals surface area contributed by atoms with E-state index in [1.807, 2.05) is 54.4 Å². The number of hydrogen-bond acceptors (Lipinski definition) is 4. The highest BCUT2D eigenvalue weighted by atomic mass is 79.9. The van der Waals surface area contributed by atoms with E-state index in [1.54, 1.807) is 14.2 Å². The van der Waals surface area contributed by atoms with Gasteiger partial charge in [0.05, 0.1) is 19.9 Å². The van der Waals surface area contributed by atoms with Gasteiger partial charge in [-0.15, -0.1) is 0 Å². The van der Waals surface area contributed by atoms with Crippen LogP contribution in [0.15, 0.2) is 46.9 Å². The van der Waals surface area contributed by atoms with Crippen LogP contribution in [0.2, 0.25) is 0 Å². The fraction of sp³-hybridized carbons (Fsp3) is 0.235. The van der Waals surface area contributed by atoms with Crippen molar-refractivity contribution in [3.63, 3.8) is 0 Å². The molecule has 2 N–H and O–H groups in total. The molecule has 0 spiro atoms. The monoisotopic (exact) mass is 407 g/mol. The van der Waals surface area contributed by atoms with Crippen LogP contribution in [0.25, 0.3) is 0 Å². The van der Waals surface area contributed by atoms with Crippen molar-refractivity contribution >= 4 is 38.9 Å². The van der Waals surface area contributed by atoms with Gasteiger partial charge in [0.15, 0.2) is 5.11 Å². The van der Waals surface area contributed by atoms with Gasteiger partial charge in [0.1, 0.15) is 17.2 Å². The second-order valence-corrected chi connectivity index (χ2v) is 6.85. The summed E-state index contributed by atoms with van der Waals surface area (Å²) in [6.45, 7) is 2.02. The molecule has 126 valence electrons. The van der Waals surface area contributed by atoms with Gasteiger partial charge in [-0.25, -0.2) is 5.01 Å². The molecule has 1 saturated heterocycles. The maximum absolute atomic E-state index is 5.53. The lowest BCUT2D eigenvalue weighted by molar-refractivity contribution is 0.345. The van der Waals surface area contributed by atoms with E-state index in [2.05, 4.69) is 26.7 Å². The molecular weight excluding hydrogens is 390 g/mol. The molecule has 1 unspecified atom stereocenters. The first kappa shape index (κ1) is 17.0. The summed E-state index contributed by atoms with van der Waals surface area (Å²) in [5, 5.41) is 5.78. The number of thiocarbonyl (C=S) groups is 1. The summed E-state index contributed by atoms with van der Waals surface area (Å²) in [5.41, 5.74) is 4.72. The molecule has 1 atom stereocenters. The van der Waals surface area contributed by atoms with Crippen molar-refractivity contribution in [3.05, 3.63) is 52.5 Å². The maximum Gasteiger partial charge on any atom is 0.190 e. The Kier molecular flexibility index (Phi) is 4.67. The van der Waals surface area contributed by atoms with Gasteiger partial charge >= 0.3 is 0 Å². The number of nitrogens with zero attached hydrogens (tertiary/aromatic N) is 1. The van der Waals surface area contributed by atoms with Crippen LogP contribution in [0.4, 0.5) is 5.69 Å². The topological polar surface area (TPSA) is 45.8 Å². The largest absolute Gasteiger partial charge is 0.497 e. The van der Waals surface area contributed by atoms with E-state index in [0.29, 0.717) is 5.11 Å². The average Bonchev–Trinajstić information content (AvgIpc) is 2.90. The van der Waals surface area contributed by atoms with Crippen LogP contribution in [0, 0.1) is 0 Å². The Morgan fingerprint density at radius 2 is 1.79 bits per heavy atom. The van der Waals surface area contributed by atoms with Gasteiger partial charge in [-0.1, -0.05) is 15.9 Å². The minimum absolute atomic E-state index is 0.595. The van der Waals surface area contributed by atoms with Gasteiger partial charge in [0.25, 0.3) is 0 Å². The Balaban J connectivity index is 1.95. The summed E-state index contributed by atoms with van der Waals surface area (Å²) in [4.78, 5) is 0. The Labute approximate surface area is 155 Å². The number of anilines is 1. The average molecular weight is 408 g/mol. The van der Waals surface area contributed by atoms with Crippen molar-refractivity contribution in [2.75, 3.05) is 19.2 Å². The normalized spacial score (nSPS) is 20.0. The van der Waals surface area contributed by atoms with E-state index in [1.165, 1.54) is 0 Å². The van der Waals surface area contributed by atoms with E-state index in [4.69, 9.17) is 21.7 Å². The second kappa shape index (κ2) is 6.58. The Hall–Kier alpha value is -1.83. The van der Waals surface area contributed by atoms with Gasteiger partial charge < -0.3 is 14.8 Å². The van der Waals surface area contributed by atoms with Crippen LogP contribution < -0.4 is 25.2 Å². The molecule has 0 amide bonds. The van der Waals surface area contributed by atoms with Crippen molar-refractivity contribution in [2.24, 2.45) is 0 Å². The maximum atomic E-state index is 5.53. The molecule has 0 bridgehead atoms. The molecule has 1 heterocycles. The molecule has 0 aliphatic carbocycles. The smallest absolute Gasteiger partial charge is 0.190 e. The second-order valence-electron chi connectivity index (χ2n) is 5.54. The summed E-state index contributed by atoms with van der Waals surface area (Å²) in [7, 11) is 3.27. The van der Waals surface area contributed by atoms with Gasteiger partial charge in [-0.2, -0.15) is 5.43 Å². The summed E-state index contributed by atoms with van der Waals surface area (Å²) in [6, 6.07) is 13.6. The van der Waals surface area contributed by atoms with Crippen molar-refractivity contribution in [3.8, 4) is 11.5 Å². The number of rotatable bonds is 4. The quantitative estimate of drug-likeness (QED) is 0.755. The number of hydrazine groups is 1. The third kappa shape index (κ3) is 3.07. The molecule has 7 heteroatoms. The van der Waals surface area contributed by atoms with E-state index in [-0.39, 0.29) is 0 Å². The zero-order valence-electron chi connectivity index (χ0n) is 13.6. The zero-order chi connectivity index (χ0) is 17.3. The summed E-state index contributed by atoms with van der Waals surface area (Å²) < 4.78 is 11.8. The number of methoxy groups -OCH3 is 2. The van der Waals surface area contributed by atoms with Crippen LogP contribution >= 0.6 is 28.1 Å². The Bertz CT molecular complexity index is 769. The Morgan fingerprint density at radius 3 is 2.42 bits per heavy atom. The molecule has 1 aliphatic rings. The highest BCUT2D eigenvalue weighted by Crippen LogP contribution is 2.35. The number of benzene rings is 2. The molecule has 24 heavy (non-hydrogen) atoms.